The highest BCUT2D eigenvalue weighted by molar-refractivity contribution is 7.54. The molecule has 1 heterocycles. The summed E-state index contributed by atoms with van der Waals surface area (Å²) in [5, 5.41) is 0.0973. The van der Waals surface area contributed by atoms with E-state index in [1.54, 1.807) is 48.5 Å². The number of nitrogens with zero attached hydrogens (tertiary/aromatic N) is 1. The molecule has 0 saturated heterocycles. The summed E-state index contributed by atoms with van der Waals surface area (Å²) in [4.78, 5) is 26.3. The first-order valence-electron chi connectivity index (χ1n) is 12.5. The predicted molar refractivity (Wildman–Crippen MR) is 144 cm³/mol. The van der Waals surface area contributed by atoms with Gasteiger partial charge in [-0.15, -0.1) is 0 Å². The van der Waals surface area contributed by atoms with Gasteiger partial charge in [-0.1, -0.05) is 66.7 Å². The summed E-state index contributed by atoms with van der Waals surface area (Å²) >= 11 is 0. The van der Waals surface area contributed by atoms with Gasteiger partial charge in [0.25, 0.3) is 0 Å². The third-order valence-corrected chi connectivity index (χ3v) is 8.04. The lowest BCUT2D eigenvalue weighted by atomic mass is 10.1. The average Bonchev–Trinajstić information content (AvgIpc) is 3.35. The van der Waals surface area contributed by atoms with E-state index in [4.69, 9.17) is 18.5 Å². The number of ether oxygens (including phenoxy) is 2. The second-order valence-electron chi connectivity index (χ2n) is 8.61. The van der Waals surface area contributed by atoms with Crippen molar-refractivity contribution in [1.29, 1.82) is 0 Å². The molecule has 0 saturated carbocycles. The summed E-state index contributed by atoms with van der Waals surface area (Å²) in [6.07, 6.45) is -0.903. The number of carbonyl (C=O) groups excluding carboxylic acids is 2. The molecule has 0 aliphatic carbocycles. The molecule has 0 radical (unpaired) electrons. The standard InChI is InChI=1S/C29H28F2NO7P/c1-3-38-40(35,39-4-2)29(30,31)24-15-16-25-23(17-24)18-26(27(33)36-19-21-11-7-5-8-12-21)32(25)28(34)37-20-22-13-9-6-10-14-22/h5-18H,3-4,19-20H2,1-2H3. The van der Waals surface area contributed by atoms with Gasteiger partial charge in [0.15, 0.2) is 0 Å². The van der Waals surface area contributed by atoms with Gasteiger partial charge in [-0.3, -0.25) is 4.57 Å². The molecule has 210 valence electrons. The molecule has 3 aromatic carbocycles. The van der Waals surface area contributed by atoms with E-state index in [-0.39, 0.29) is 43.0 Å². The number of benzene rings is 3. The lowest BCUT2D eigenvalue weighted by Gasteiger charge is -2.26. The first-order valence-corrected chi connectivity index (χ1v) is 14.1. The molecule has 0 bridgehead atoms. The van der Waals surface area contributed by atoms with Crippen molar-refractivity contribution in [3.8, 4) is 0 Å². The molecule has 0 aliphatic heterocycles. The minimum absolute atomic E-state index is 0.0739. The van der Waals surface area contributed by atoms with Crippen molar-refractivity contribution < 1.29 is 41.5 Å². The Balaban J connectivity index is 1.72. The molecular formula is C29H28F2NO7P. The highest BCUT2D eigenvalue weighted by Gasteiger charge is 2.54. The van der Waals surface area contributed by atoms with Crippen LogP contribution in [-0.4, -0.2) is 29.8 Å². The van der Waals surface area contributed by atoms with Crippen molar-refractivity contribution in [2.24, 2.45) is 0 Å². The van der Waals surface area contributed by atoms with Crippen LogP contribution in [0.2, 0.25) is 0 Å². The van der Waals surface area contributed by atoms with Gasteiger partial charge in [-0.05, 0) is 43.2 Å². The molecule has 8 nitrogen and oxygen atoms in total. The quantitative estimate of drug-likeness (QED) is 0.136. The van der Waals surface area contributed by atoms with Crippen LogP contribution < -0.4 is 0 Å². The fraction of sp³-hybridized carbons (Fsp3) is 0.241. The molecular weight excluding hydrogens is 543 g/mol. The zero-order valence-corrected chi connectivity index (χ0v) is 22.8. The number of hydrogen-bond acceptors (Lipinski definition) is 7. The molecule has 11 heteroatoms. The lowest BCUT2D eigenvalue weighted by molar-refractivity contribution is 0.0361. The lowest BCUT2D eigenvalue weighted by Crippen LogP contribution is -2.20. The van der Waals surface area contributed by atoms with Crippen LogP contribution >= 0.6 is 7.60 Å². The van der Waals surface area contributed by atoms with E-state index < -0.39 is 30.9 Å². The summed E-state index contributed by atoms with van der Waals surface area (Å²) < 4.78 is 65.4. The van der Waals surface area contributed by atoms with Gasteiger partial charge < -0.3 is 18.5 Å². The van der Waals surface area contributed by atoms with Gasteiger partial charge in [0.2, 0.25) is 0 Å². The summed E-state index contributed by atoms with van der Waals surface area (Å²) in [5.41, 5.74) is -3.34. The van der Waals surface area contributed by atoms with Crippen molar-refractivity contribution in [1.82, 2.24) is 4.57 Å². The largest absolute Gasteiger partial charge is 0.456 e. The number of halogens is 2. The molecule has 0 amide bonds. The number of carbonyl (C=O) groups is 2. The Morgan fingerprint density at radius 2 is 1.35 bits per heavy atom. The monoisotopic (exact) mass is 571 g/mol. The smallest absolute Gasteiger partial charge is 0.419 e. The fourth-order valence-electron chi connectivity index (χ4n) is 4.03. The predicted octanol–water partition coefficient (Wildman–Crippen LogP) is 7.50. The average molecular weight is 572 g/mol. The van der Waals surface area contributed by atoms with Crippen LogP contribution in [0.4, 0.5) is 13.6 Å². The minimum atomic E-state index is -4.88. The zero-order valence-electron chi connectivity index (χ0n) is 21.9. The highest BCUT2D eigenvalue weighted by Crippen LogP contribution is 2.66. The molecule has 0 fully saturated rings. The molecule has 0 aliphatic rings. The van der Waals surface area contributed by atoms with Gasteiger partial charge in [-0.25, -0.2) is 14.2 Å². The van der Waals surface area contributed by atoms with Crippen LogP contribution in [0, 0.1) is 0 Å². The summed E-state index contributed by atoms with van der Waals surface area (Å²) in [6.45, 7) is 2.20. The Hall–Kier alpha value is -3.85. The van der Waals surface area contributed by atoms with Crippen LogP contribution in [-0.2, 0) is 42.0 Å². The third kappa shape index (κ3) is 6.14. The maximum atomic E-state index is 15.4. The fourth-order valence-corrected chi connectivity index (χ4v) is 5.56. The second-order valence-corrected chi connectivity index (χ2v) is 10.7. The number of hydrogen-bond donors (Lipinski definition) is 0. The number of alkyl halides is 2. The summed E-state index contributed by atoms with van der Waals surface area (Å²) in [5.74, 6) is -0.862. The Morgan fingerprint density at radius 1 is 0.800 bits per heavy atom. The van der Waals surface area contributed by atoms with E-state index in [9.17, 15) is 14.2 Å². The van der Waals surface area contributed by atoms with E-state index in [0.29, 0.717) is 5.56 Å². The summed E-state index contributed by atoms with van der Waals surface area (Å²) in [7, 11) is -4.88. The number of aromatic nitrogens is 1. The normalized spacial score (nSPS) is 11.9. The van der Waals surface area contributed by atoms with E-state index in [2.05, 4.69) is 0 Å². The van der Waals surface area contributed by atoms with Crippen molar-refractivity contribution in [3.63, 3.8) is 0 Å². The third-order valence-electron chi connectivity index (χ3n) is 5.90. The number of fused-ring (bicyclic) bond motifs is 1. The number of rotatable bonds is 11. The number of esters is 1. The maximum absolute atomic E-state index is 15.4. The zero-order chi connectivity index (χ0) is 28.8. The maximum Gasteiger partial charge on any atom is 0.419 e. The first kappa shape index (κ1) is 29.1. The van der Waals surface area contributed by atoms with Gasteiger partial charge in [0.05, 0.1) is 18.7 Å². The molecule has 40 heavy (non-hydrogen) atoms. The van der Waals surface area contributed by atoms with Gasteiger partial charge >= 0.3 is 25.3 Å². The van der Waals surface area contributed by atoms with E-state index >= 15 is 8.78 Å². The van der Waals surface area contributed by atoms with E-state index in [0.717, 1.165) is 22.3 Å². The molecule has 0 atom stereocenters. The van der Waals surface area contributed by atoms with E-state index in [1.807, 2.05) is 12.1 Å². The van der Waals surface area contributed by atoms with Gasteiger partial charge in [0, 0.05) is 10.9 Å². The molecule has 4 aromatic rings. The molecule has 0 N–H and O–H groups in total. The van der Waals surface area contributed by atoms with E-state index in [1.165, 1.54) is 26.0 Å². The Bertz CT molecular complexity index is 1510. The second kappa shape index (κ2) is 12.6. The van der Waals surface area contributed by atoms with Crippen molar-refractivity contribution >= 4 is 30.6 Å². The minimum Gasteiger partial charge on any atom is -0.456 e. The summed E-state index contributed by atoms with van der Waals surface area (Å²) in [6, 6.07) is 22.3. The molecule has 1 aromatic heterocycles. The molecule has 4 rings (SSSR count). The SMILES string of the molecule is CCOP(=O)(OCC)C(F)(F)c1ccc2c(c1)cc(C(=O)OCc1ccccc1)n2C(=O)OCc1ccccc1. The molecule has 0 spiro atoms. The van der Waals surface area contributed by atoms with Crippen molar-refractivity contribution in [3.05, 3.63) is 107 Å². The van der Waals surface area contributed by atoms with Crippen LogP contribution in [0.25, 0.3) is 10.9 Å². The Kier molecular flexibility index (Phi) is 9.14. The Morgan fingerprint density at radius 3 is 1.90 bits per heavy atom. The van der Waals surface area contributed by atoms with Crippen LogP contribution in [0.3, 0.4) is 0 Å². The first-order chi connectivity index (χ1) is 19.2. The highest BCUT2D eigenvalue weighted by atomic mass is 31.2. The van der Waals surface area contributed by atoms with Gasteiger partial charge in [-0.2, -0.15) is 8.78 Å². The van der Waals surface area contributed by atoms with Crippen LogP contribution in [0.1, 0.15) is 41.0 Å². The molecule has 0 unspecified atom stereocenters. The van der Waals surface area contributed by atoms with Crippen LogP contribution in [0.15, 0.2) is 84.9 Å². The topological polar surface area (TPSA) is 93.1 Å². The Labute approximate surface area is 230 Å². The van der Waals surface area contributed by atoms with Crippen molar-refractivity contribution in [2.45, 2.75) is 32.7 Å². The van der Waals surface area contributed by atoms with Crippen molar-refractivity contribution in [2.75, 3.05) is 13.2 Å². The van der Waals surface area contributed by atoms with Crippen LogP contribution in [0.5, 0.6) is 0 Å². The van der Waals surface area contributed by atoms with Gasteiger partial charge in [0.1, 0.15) is 18.9 Å².